The number of ether oxygens (including phenoxy) is 1. The first-order chi connectivity index (χ1) is 21.3. The lowest BCUT2D eigenvalue weighted by Crippen LogP contribution is -2.33. The molecule has 0 aliphatic rings. The summed E-state index contributed by atoms with van der Waals surface area (Å²) in [6, 6.07) is 15.4. The van der Waals surface area contributed by atoms with Crippen LogP contribution in [0, 0.1) is 23.5 Å². The number of nitrogens with one attached hydrogen (secondary N) is 2. The Morgan fingerprint density at radius 1 is 1.00 bits per heavy atom. The van der Waals surface area contributed by atoms with Crippen molar-refractivity contribution in [2.24, 2.45) is 0 Å². The van der Waals surface area contributed by atoms with Gasteiger partial charge in [-0.15, -0.1) is 0 Å². The molecular weight excluding hydrogens is 570 g/mol. The summed E-state index contributed by atoms with van der Waals surface area (Å²) in [7, 11) is 0. The second-order valence-corrected chi connectivity index (χ2v) is 9.36. The average molecular weight is 595 g/mol. The van der Waals surface area contributed by atoms with Gasteiger partial charge < -0.3 is 15.4 Å². The third kappa shape index (κ3) is 7.08. The third-order valence-electron chi connectivity index (χ3n) is 6.28. The van der Waals surface area contributed by atoms with E-state index in [1.807, 2.05) is 0 Å². The number of rotatable bonds is 8. The first kappa shape index (κ1) is 29.5. The molecule has 0 saturated heterocycles. The molecule has 0 fully saturated rings. The highest BCUT2D eigenvalue weighted by atomic mass is 19.2. The fourth-order valence-corrected chi connectivity index (χ4v) is 4.12. The minimum atomic E-state index is -1.03. The van der Waals surface area contributed by atoms with Gasteiger partial charge in [-0.25, -0.2) is 28.5 Å². The zero-order valence-electron chi connectivity index (χ0n) is 23.3. The van der Waals surface area contributed by atoms with Crippen LogP contribution in [0.5, 0.6) is 0 Å². The van der Waals surface area contributed by atoms with Gasteiger partial charge in [0.1, 0.15) is 5.56 Å². The summed E-state index contributed by atoms with van der Waals surface area (Å²) < 4.78 is 32.8. The quantitative estimate of drug-likeness (QED) is 0.202. The van der Waals surface area contributed by atoms with Crippen molar-refractivity contribution in [2.75, 3.05) is 18.5 Å². The van der Waals surface area contributed by atoms with Crippen molar-refractivity contribution in [3.8, 4) is 11.8 Å². The van der Waals surface area contributed by atoms with E-state index in [0.717, 1.165) is 28.3 Å². The molecule has 0 bridgehead atoms. The molecule has 3 aromatic carbocycles. The smallest absolute Gasteiger partial charge is 0.338 e. The molecule has 0 atom stereocenters. The number of esters is 1. The Balaban J connectivity index is 1.19. The summed E-state index contributed by atoms with van der Waals surface area (Å²) in [5.41, 5.74) is 2.00. The number of nitrogens with zero attached hydrogens (tertiary/aromatic N) is 4. The standard InChI is InChI=1S/C32H24F2N6O4/c1-2-44-31(43)22-7-9-24(10-8-22)38-32-37-16-23-14-20(6-12-28(23)39-32)4-3-13-36-29(41)25-17-35-19-40(30(25)42)18-21-5-11-26(33)27(34)15-21/h5-12,14-17,19H,2,13,18H2,1H3,(H,36,41)(H,37,38,39). The van der Waals surface area contributed by atoms with E-state index >= 15 is 0 Å². The summed E-state index contributed by atoms with van der Waals surface area (Å²) in [4.78, 5) is 50.0. The number of hydrogen-bond donors (Lipinski definition) is 2. The number of hydrogen-bond acceptors (Lipinski definition) is 8. The van der Waals surface area contributed by atoms with Crippen molar-refractivity contribution < 1.29 is 23.1 Å². The monoisotopic (exact) mass is 594 g/mol. The number of halogens is 2. The molecule has 0 saturated carbocycles. The Labute approximate surface area is 249 Å². The first-order valence-corrected chi connectivity index (χ1v) is 13.4. The van der Waals surface area contributed by atoms with Crippen LogP contribution in [0.2, 0.25) is 0 Å². The van der Waals surface area contributed by atoms with Gasteiger partial charge in [-0.1, -0.05) is 17.9 Å². The average Bonchev–Trinajstić information content (AvgIpc) is 3.02. The summed E-state index contributed by atoms with van der Waals surface area (Å²) in [5.74, 6) is 3.08. The fourth-order valence-electron chi connectivity index (χ4n) is 4.12. The van der Waals surface area contributed by atoms with E-state index in [9.17, 15) is 23.2 Å². The Bertz CT molecular complexity index is 1980. The lowest BCUT2D eigenvalue weighted by atomic mass is 10.1. The second kappa shape index (κ2) is 13.3. The molecular formula is C32H24F2N6O4. The van der Waals surface area contributed by atoms with Gasteiger partial charge in [0.05, 0.1) is 37.1 Å². The van der Waals surface area contributed by atoms with Gasteiger partial charge in [0.25, 0.3) is 11.5 Å². The third-order valence-corrected chi connectivity index (χ3v) is 6.28. The van der Waals surface area contributed by atoms with Crippen LogP contribution >= 0.6 is 0 Å². The van der Waals surface area contributed by atoms with Crippen LogP contribution in [0.25, 0.3) is 10.9 Å². The second-order valence-electron chi connectivity index (χ2n) is 9.36. The van der Waals surface area contributed by atoms with E-state index < -0.39 is 23.1 Å². The molecule has 5 aromatic rings. The molecule has 2 aromatic heterocycles. The van der Waals surface area contributed by atoms with Crippen molar-refractivity contribution >= 4 is 34.4 Å². The van der Waals surface area contributed by atoms with Crippen LogP contribution in [0.3, 0.4) is 0 Å². The number of aromatic nitrogens is 4. The van der Waals surface area contributed by atoms with Crippen molar-refractivity contribution in [1.29, 1.82) is 0 Å². The summed E-state index contributed by atoms with van der Waals surface area (Å²) in [6.45, 7) is 1.92. The van der Waals surface area contributed by atoms with Gasteiger partial charge in [-0.2, -0.15) is 0 Å². The molecule has 2 heterocycles. The van der Waals surface area contributed by atoms with Gasteiger partial charge in [0.15, 0.2) is 11.6 Å². The Morgan fingerprint density at radius 3 is 2.59 bits per heavy atom. The summed E-state index contributed by atoms with van der Waals surface area (Å²) >= 11 is 0. The lowest BCUT2D eigenvalue weighted by molar-refractivity contribution is 0.0526. The highest BCUT2D eigenvalue weighted by Gasteiger charge is 2.13. The topological polar surface area (TPSA) is 128 Å². The number of carbonyl (C=O) groups is 2. The molecule has 44 heavy (non-hydrogen) atoms. The zero-order valence-corrected chi connectivity index (χ0v) is 23.3. The van der Waals surface area contributed by atoms with E-state index in [1.165, 1.54) is 12.4 Å². The lowest BCUT2D eigenvalue weighted by Gasteiger charge is -2.08. The molecule has 0 unspecified atom stereocenters. The normalized spacial score (nSPS) is 10.5. The van der Waals surface area contributed by atoms with Gasteiger partial charge >= 0.3 is 5.97 Å². The van der Waals surface area contributed by atoms with Crippen molar-refractivity contribution in [3.05, 3.63) is 124 Å². The maximum absolute atomic E-state index is 13.5. The summed E-state index contributed by atoms with van der Waals surface area (Å²) in [6.07, 6.45) is 4.00. The van der Waals surface area contributed by atoms with Gasteiger partial charge in [-0.05, 0) is 67.1 Å². The highest BCUT2D eigenvalue weighted by Crippen LogP contribution is 2.18. The predicted molar refractivity (Wildman–Crippen MR) is 158 cm³/mol. The molecule has 0 radical (unpaired) electrons. The zero-order chi connectivity index (χ0) is 31.1. The number of benzene rings is 3. The van der Waals surface area contributed by atoms with E-state index in [1.54, 1.807) is 55.6 Å². The largest absolute Gasteiger partial charge is 0.462 e. The molecule has 1 amide bonds. The Hall–Kier alpha value is -5.96. The SMILES string of the molecule is CCOC(=O)c1ccc(Nc2ncc3cc(C#CCNC(=O)c4cncn(Cc5ccc(F)c(F)c5)c4=O)ccc3n2)cc1. The molecule has 0 spiro atoms. The first-order valence-electron chi connectivity index (χ1n) is 13.4. The molecule has 0 aliphatic heterocycles. The molecule has 0 aliphatic carbocycles. The maximum atomic E-state index is 13.5. The molecule has 2 N–H and O–H groups in total. The number of carbonyl (C=O) groups excluding carboxylic acids is 2. The van der Waals surface area contributed by atoms with Crippen LogP contribution < -0.4 is 16.2 Å². The Kier molecular flexibility index (Phi) is 8.96. The van der Waals surface area contributed by atoms with Gasteiger partial charge in [0.2, 0.25) is 5.95 Å². The van der Waals surface area contributed by atoms with E-state index in [2.05, 4.69) is 37.4 Å². The molecule has 12 heteroatoms. The van der Waals surface area contributed by atoms with E-state index in [-0.39, 0.29) is 24.6 Å². The number of amides is 1. The van der Waals surface area contributed by atoms with Crippen LogP contribution in [0.4, 0.5) is 20.4 Å². The molecule has 220 valence electrons. The Morgan fingerprint density at radius 2 is 1.82 bits per heavy atom. The number of fused-ring (bicyclic) bond motifs is 1. The van der Waals surface area contributed by atoms with Gasteiger partial charge in [0, 0.05) is 29.0 Å². The minimum Gasteiger partial charge on any atom is -0.462 e. The van der Waals surface area contributed by atoms with E-state index in [4.69, 9.17) is 4.74 Å². The van der Waals surface area contributed by atoms with Crippen LogP contribution in [-0.4, -0.2) is 44.5 Å². The fraction of sp³-hybridized carbons (Fsp3) is 0.125. The number of anilines is 2. The predicted octanol–water partition coefficient (Wildman–Crippen LogP) is 4.21. The van der Waals surface area contributed by atoms with Crippen LogP contribution in [0.1, 0.15) is 38.8 Å². The minimum absolute atomic E-state index is 0.0390. The van der Waals surface area contributed by atoms with Crippen molar-refractivity contribution in [2.45, 2.75) is 13.5 Å². The van der Waals surface area contributed by atoms with Crippen LogP contribution in [-0.2, 0) is 11.3 Å². The van der Waals surface area contributed by atoms with Crippen LogP contribution in [0.15, 0.2) is 84.2 Å². The molecule has 5 rings (SSSR count). The van der Waals surface area contributed by atoms with Gasteiger partial charge in [-0.3, -0.25) is 14.2 Å². The van der Waals surface area contributed by atoms with E-state index in [0.29, 0.717) is 40.4 Å². The molecule has 10 nitrogen and oxygen atoms in total. The maximum Gasteiger partial charge on any atom is 0.338 e. The summed E-state index contributed by atoms with van der Waals surface area (Å²) in [5, 5.41) is 6.42. The van der Waals surface area contributed by atoms with Crippen molar-refractivity contribution in [3.63, 3.8) is 0 Å². The van der Waals surface area contributed by atoms with Crippen molar-refractivity contribution in [1.82, 2.24) is 24.8 Å². The highest BCUT2D eigenvalue weighted by molar-refractivity contribution is 5.93.